The minimum absolute atomic E-state index is 0.763. The molecule has 2 nitrogen and oxygen atoms in total. The van der Waals surface area contributed by atoms with Gasteiger partial charge in [0, 0.05) is 11.0 Å². The van der Waals surface area contributed by atoms with Gasteiger partial charge in [-0.05, 0) is 50.7 Å². The lowest BCUT2D eigenvalue weighted by Crippen LogP contribution is -2.21. The van der Waals surface area contributed by atoms with Crippen molar-refractivity contribution >= 4 is 15.9 Å². The molecular formula is C12H19BrN2. The smallest absolute Gasteiger partial charge is 0.0241 e. The van der Waals surface area contributed by atoms with Crippen LogP contribution in [0.3, 0.4) is 0 Å². The van der Waals surface area contributed by atoms with E-state index >= 15 is 0 Å². The predicted molar refractivity (Wildman–Crippen MR) is 68.9 cm³/mol. The third-order valence-electron chi connectivity index (χ3n) is 2.39. The van der Waals surface area contributed by atoms with Crippen LogP contribution in [0.25, 0.3) is 0 Å². The molecule has 0 heterocycles. The van der Waals surface area contributed by atoms with Crippen molar-refractivity contribution in [2.75, 3.05) is 20.1 Å². The third kappa shape index (κ3) is 4.33. The number of nitrogens with zero attached hydrogens (tertiary/aromatic N) is 1. The van der Waals surface area contributed by atoms with Gasteiger partial charge in [-0.25, -0.2) is 0 Å². The van der Waals surface area contributed by atoms with E-state index in [0.717, 1.165) is 26.1 Å². The molecule has 0 spiro atoms. The zero-order chi connectivity index (χ0) is 11.3. The first-order valence-corrected chi connectivity index (χ1v) is 6.06. The van der Waals surface area contributed by atoms with E-state index in [4.69, 9.17) is 5.73 Å². The number of nitrogens with two attached hydrogens (primary N) is 1. The van der Waals surface area contributed by atoms with Gasteiger partial charge in [-0.1, -0.05) is 28.1 Å². The topological polar surface area (TPSA) is 29.3 Å². The second kappa shape index (κ2) is 6.26. The van der Waals surface area contributed by atoms with Gasteiger partial charge < -0.3 is 10.6 Å². The molecule has 0 saturated carbocycles. The number of hydrogen-bond donors (Lipinski definition) is 1. The molecule has 0 aliphatic heterocycles. The highest BCUT2D eigenvalue weighted by atomic mass is 79.9. The van der Waals surface area contributed by atoms with Crippen molar-refractivity contribution in [3.8, 4) is 0 Å². The summed E-state index contributed by atoms with van der Waals surface area (Å²) in [5, 5.41) is 0. The predicted octanol–water partition coefficient (Wildman–Crippen LogP) is 2.54. The van der Waals surface area contributed by atoms with E-state index in [2.05, 4.69) is 53.0 Å². The zero-order valence-electron chi connectivity index (χ0n) is 9.46. The minimum Gasteiger partial charge on any atom is -0.330 e. The minimum atomic E-state index is 0.763. The number of hydrogen-bond acceptors (Lipinski definition) is 2. The molecule has 1 rings (SSSR count). The Morgan fingerprint density at radius 1 is 1.40 bits per heavy atom. The Bertz CT molecular complexity index is 312. The van der Waals surface area contributed by atoms with Gasteiger partial charge in [0.05, 0.1) is 0 Å². The molecule has 0 amide bonds. The summed E-state index contributed by atoms with van der Waals surface area (Å²) >= 11 is 3.59. The second-order valence-electron chi connectivity index (χ2n) is 3.97. The monoisotopic (exact) mass is 270 g/mol. The maximum Gasteiger partial charge on any atom is 0.0241 e. The Kier molecular flexibility index (Phi) is 5.29. The van der Waals surface area contributed by atoms with Crippen molar-refractivity contribution in [2.45, 2.75) is 19.9 Å². The Morgan fingerprint density at radius 2 is 2.13 bits per heavy atom. The molecule has 0 bridgehead atoms. The van der Waals surface area contributed by atoms with E-state index in [1.165, 1.54) is 15.6 Å². The third-order valence-corrected chi connectivity index (χ3v) is 3.13. The van der Waals surface area contributed by atoms with Gasteiger partial charge >= 0.3 is 0 Å². The number of rotatable bonds is 5. The Hall–Kier alpha value is -0.380. The van der Waals surface area contributed by atoms with Crippen molar-refractivity contribution < 1.29 is 0 Å². The molecule has 1 aromatic carbocycles. The van der Waals surface area contributed by atoms with Gasteiger partial charge in [0.15, 0.2) is 0 Å². The van der Waals surface area contributed by atoms with Crippen molar-refractivity contribution in [1.29, 1.82) is 0 Å². The first-order valence-electron chi connectivity index (χ1n) is 5.27. The Labute approximate surface area is 101 Å². The van der Waals surface area contributed by atoms with Crippen LogP contribution in [0.15, 0.2) is 22.7 Å². The van der Waals surface area contributed by atoms with Crippen molar-refractivity contribution in [3.63, 3.8) is 0 Å². The summed E-state index contributed by atoms with van der Waals surface area (Å²) in [5.74, 6) is 0. The normalized spacial score (nSPS) is 11.0. The Morgan fingerprint density at radius 3 is 2.73 bits per heavy atom. The molecule has 0 aliphatic rings. The first kappa shape index (κ1) is 12.7. The maximum absolute atomic E-state index is 5.48. The fourth-order valence-corrected chi connectivity index (χ4v) is 2.13. The summed E-state index contributed by atoms with van der Waals surface area (Å²) in [6.45, 7) is 4.89. The van der Waals surface area contributed by atoms with Crippen LogP contribution in [0.1, 0.15) is 17.5 Å². The highest BCUT2D eigenvalue weighted by Crippen LogP contribution is 2.19. The Balaban J connectivity index is 2.56. The molecule has 84 valence electrons. The fraction of sp³-hybridized carbons (Fsp3) is 0.500. The van der Waals surface area contributed by atoms with Gasteiger partial charge in [0.2, 0.25) is 0 Å². The van der Waals surface area contributed by atoms with Gasteiger partial charge in [0.25, 0.3) is 0 Å². The molecule has 3 heteroatoms. The van der Waals surface area contributed by atoms with Crippen molar-refractivity contribution in [2.24, 2.45) is 5.73 Å². The molecule has 15 heavy (non-hydrogen) atoms. The SMILES string of the molecule is Cc1ccc(CN(C)CCCN)c(Br)c1. The van der Waals surface area contributed by atoms with Crippen LogP contribution in [-0.2, 0) is 6.54 Å². The van der Waals surface area contributed by atoms with E-state index < -0.39 is 0 Å². The highest BCUT2D eigenvalue weighted by molar-refractivity contribution is 9.10. The molecule has 0 aromatic heterocycles. The summed E-state index contributed by atoms with van der Waals surface area (Å²) in [6, 6.07) is 6.49. The van der Waals surface area contributed by atoms with Crippen molar-refractivity contribution in [1.82, 2.24) is 4.90 Å². The van der Waals surface area contributed by atoms with Crippen LogP contribution >= 0.6 is 15.9 Å². The first-order chi connectivity index (χ1) is 7.13. The van der Waals surface area contributed by atoms with Crippen LogP contribution < -0.4 is 5.73 Å². The van der Waals surface area contributed by atoms with Gasteiger partial charge in [-0.2, -0.15) is 0 Å². The van der Waals surface area contributed by atoms with Gasteiger partial charge in [0.1, 0.15) is 0 Å². The number of halogens is 1. The van der Waals surface area contributed by atoms with Crippen molar-refractivity contribution in [3.05, 3.63) is 33.8 Å². The molecule has 1 aromatic rings. The summed E-state index contributed by atoms with van der Waals surface area (Å²) in [4.78, 5) is 2.29. The van der Waals surface area contributed by atoms with E-state index in [0.29, 0.717) is 0 Å². The molecule has 2 N–H and O–H groups in total. The molecule has 0 aliphatic carbocycles. The van der Waals surface area contributed by atoms with Crippen LogP contribution in [-0.4, -0.2) is 25.0 Å². The van der Waals surface area contributed by atoms with Crippen LogP contribution in [0.4, 0.5) is 0 Å². The molecule has 0 radical (unpaired) electrons. The lowest BCUT2D eigenvalue weighted by atomic mass is 10.1. The number of aryl methyl sites for hydroxylation is 1. The van der Waals surface area contributed by atoms with E-state index in [-0.39, 0.29) is 0 Å². The molecule has 0 atom stereocenters. The highest BCUT2D eigenvalue weighted by Gasteiger charge is 2.03. The van der Waals surface area contributed by atoms with Crippen LogP contribution in [0.2, 0.25) is 0 Å². The standard InChI is InChI=1S/C12H19BrN2/c1-10-4-5-11(12(13)8-10)9-15(2)7-3-6-14/h4-5,8H,3,6-7,9,14H2,1-2H3. The summed E-state index contributed by atoms with van der Waals surface area (Å²) in [5.41, 5.74) is 8.10. The van der Waals surface area contributed by atoms with E-state index in [9.17, 15) is 0 Å². The molecule has 0 saturated heterocycles. The fourth-order valence-electron chi connectivity index (χ4n) is 1.51. The molecule has 0 unspecified atom stereocenters. The lowest BCUT2D eigenvalue weighted by Gasteiger charge is -2.17. The molecule has 0 fully saturated rings. The average Bonchev–Trinajstić information content (AvgIpc) is 2.19. The van der Waals surface area contributed by atoms with Gasteiger partial charge in [-0.3, -0.25) is 0 Å². The largest absolute Gasteiger partial charge is 0.330 e. The number of benzene rings is 1. The zero-order valence-corrected chi connectivity index (χ0v) is 11.0. The maximum atomic E-state index is 5.48. The summed E-state index contributed by atoms with van der Waals surface area (Å²) in [6.07, 6.45) is 1.06. The quantitative estimate of drug-likeness (QED) is 0.891. The van der Waals surface area contributed by atoms with Gasteiger partial charge in [-0.15, -0.1) is 0 Å². The molecular weight excluding hydrogens is 252 g/mol. The summed E-state index contributed by atoms with van der Waals surface area (Å²) in [7, 11) is 2.13. The average molecular weight is 271 g/mol. The second-order valence-corrected chi connectivity index (χ2v) is 4.83. The summed E-state index contributed by atoms with van der Waals surface area (Å²) < 4.78 is 1.20. The van der Waals surface area contributed by atoms with E-state index in [1.54, 1.807) is 0 Å². The van der Waals surface area contributed by atoms with Crippen LogP contribution in [0.5, 0.6) is 0 Å². The van der Waals surface area contributed by atoms with Crippen LogP contribution in [0, 0.1) is 6.92 Å². The lowest BCUT2D eigenvalue weighted by molar-refractivity contribution is 0.323. The van der Waals surface area contributed by atoms with E-state index in [1.807, 2.05) is 0 Å².